The third-order valence-electron chi connectivity index (χ3n) is 3.24. The molecule has 30 heavy (non-hydrogen) atoms. The van der Waals surface area contributed by atoms with Crippen LogP contribution in [-0.4, -0.2) is 42.5 Å². The molecule has 0 saturated carbocycles. The van der Waals surface area contributed by atoms with Crippen molar-refractivity contribution in [2.75, 3.05) is 20.3 Å². The maximum absolute atomic E-state index is 10.3. The average molecular weight is 500 g/mol. The van der Waals surface area contributed by atoms with Crippen molar-refractivity contribution < 1.29 is 34.0 Å². The Labute approximate surface area is 193 Å². The molecule has 0 saturated heterocycles. The molecule has 0 aliphatic heterocycles. The van der Waals surface area contributed by atoms with Crippen molar-refractivity contribution in [1.82, 2.24) is 0 Å². The molecule has 2 aromatic rings. The number of rotatable bonds is 9. The summed E-state index contributed by atoms with van der Waals surface area (Å²) in [6.07, 6.45) is 0.553. The van der Waals surface area contributed by atoms with Crippen LogP contribution in [-0.2, 0) is 9.59 Å². The number of carboxylic acids is 2. The van der Waals surface area contributed by atoms with Crippen LogP contribution in [0, 0.1) is 0 Å². The summed E-state index contributed by atoms with van der Waals surface area (Å²) in [4.78, 5) is 20.5. The molecule has 0 atom stereocenters. The van der Waals surface area contributed by atoms with E-state index >= 15 is 0 Å². The van der Waals surface area contributed by atoms with Gasteiger partial charge in [0.25, 0.3) is 0 Å². The summed E-state index contributed by atoms with van der Waals surface area (Å²) in [5.74, 6) is -0.609. The van der Waals surface area contributed by atoms with E-state index in [9.17, 15) is 9.59 Å². The van der Waals surface area contributed by atoms with E-state index in [1.165, 1.54) is 19.2 Å². The van der Waals surface area contributed by atoms with Crippen molar-refractivity contribution in [2.45, 2.75) is 12.8 Å². The summed E-state index contributed by atoms with van der Waals surface area (Å²) in [5, 5.41) is 18.2. The van der Waals surface area contributed by atoms with Gasteiger partial charge in [0.15, 0.2) is 18.1 Å². The third kappa shape index (κ3) is 9.63. The van der Waals surface area contributed by atoms with Crippen molar-refractivity contribution >= 4 is 58.3 Å². The first kappa shape index (κ1) is 26.0. The van der Waals surface area contributed by atoms with Crippen molar-refractivity contribution in [1.29, 1.82) is 0 Å². The zero-order valence-corrected chi connectivity index (χ0v) is 18.7. The molecule has 0 aromatic heterocycles. The number of benzene rings is 2. The van der Waals surface area contributed by atoms with E-state index in [0.29, 0.717) is 34.6 Å². The molecule has 0 aliphatic rings. The predicted octanol–water partition coefficient (Wildman–Crippen LogP) is 5.70. The number of aliphatic carboxylic acids is 2. The number of halogens is 4. The molecule has 0 fully saturated rings. The van der Waals surface area contributed by atoms with E-state index in [0.717, 1.165) is 0 Å². The molecule has 0 bridgehead atoms. The molecule has 2 N–H and O–H groups in total. The lowest BCUT2D eigenvalue weighted by Crippen LogP contribution is -2.09. The smallest absolute Gasteiger partial charge is 0.341 e. The normalized spacial score (nSPS) is 9.90. The molecular weight excluding hydrogens is 482 g/mol. The Bertz CT molecular complexity index is 874. The maximum Gasteiger partial charge on any atom is 0.341 e. The van der Waals surface area contributed by atoms with Crippen LogP contribution < -0.4 is 14.2 Å². The first-order valence-corrected chi connectivity index (χ1v) is 9.82. The van der Waals surface area contributed by atoms with Crippen LogP contribution in [0.5, 0.6) is 17.2 Å². The van der Waals surface area contributed by atoms with Gasteiger partial charge in [-0.3, -0.25) is 4.79 Å². The van der Waals surface area contributed by atoms with Crippen LogP contribution in [0.25, 0.3) is 0 Å². The fourth-order valence-corrected chi connectivity index (χ4v) is 2.67. The summed E-state index contributed by atoms with van der Waals surface area (Å²) >= 11 is 22.9. The fraction of sp³-hybridized carbons (Fsp3) is 0.263. The molecule has 2 aromatic carbocycles. The van der Waals surface area contributed by atoms with Crippen molar-refractivity contribution in [3.8, 4) is 17.2 Å². The van der Waals surface area contributed by atoms with Crippen LogP contribution in [0.1, 0.15) is 12.8 Å². The van der Waals surface area contributed by atoms with E-state index in [2.05, 4.69) is 0 Å². The van der Waals surface area contributed by atoms with Crippen molar-refractivity contribution in [3.63, 3.8) is 0 Å². The lowest BCUT2D eigenvalue weighted by atomic mass is 10.3. The van der Waals surface area contributed by atoms with Crippen LogP contribution >= 0.6 is 46.4 Å². The van der Waals surface area contributed by atoms with Gasteiger partial charge in [-0.25, -0.2) is 4.79 Å². The fourth-order valence-electron chi connectivity index (χ4n) is 1.92. The highest BCUT2D eigenvalue weighted by Gasteiger charge is 2.08. The zero-order valence-electron chi connectivity index (χ0n) is 15.7. The van der Waals surface area contributed by atoms with Gasteiger partial charge in [-0.05, 0) is 24.6 Å². The van der Waals surface area contributed by atoms with Gasteiger partial charge in [0.1, 0.15) is 5.75 Å². The van der Waals surface area contributed by atoms with Gasteiger partial charge in [0, 0.05) is 23.6 Å². The highest BCUT2D eigenvalue weighted by atomic mass is 35.5. The monoisotopic (exact) mass is 498 g/mol. The first-order valence-electron chi connectivity index (χ1n) is 8.31. The largest absolute Gasteiger partial charge is 0.493 e. The lowest BCUT2D eigenvalue weighted by Gasteiger charge is -2.10. The number of carbonyl (C=O) groups is 2. The lowest BCUT2D eigenvalue weighted by molar-refractivity contribution is -0.139. The molecule has 0 unspecified atom stereocenters. The topological polar surface area (TPSA) is 102 Å². The van der Waals surface area contributed by atoms with Gasteiger partial charge in [0.2, 0.25) is 0 Å². The molecule has 0 spiro atoms. The average Bonchev–Trinajstić information content (AvgIpc) is 2.68. The van der Waals surface area contributed by atoms with Crippen molar-refractivity contribution in [3.05, 3.63) is 50.4 Å². The van der Waals surface area contributed by atoms with Gasteiger partial charge < -0.3 is 24.4 Å². The second-order valence-corrected chi connectivity index (χ2v) is 7.18. The molecule has 0 radical (unpaired) electrons. The summed E-state index contributed by atoms with van der Waals surface area (Å²) in [5.41, 5.74) is 0. The molecule has 0 aliphatic carbocycles. The highest BCUT2D eigenvalue weighted by molar-refractivity contribution is 6.43. The molecule has 0 amide bonds. The van der Waals surface area contributed by atoms with E-state index in [1.807, 2.05) is 0 Å². The van der Waals surface area contributed by atoms with E-state index < -0.39 is 18.5 Å². The van der Waals surface area contributed by atoms with Crippen LogP contribution in [0.15, 0.2) is 30.3 Å². The minimum atomic E-state index is -1.09. The summed E-state index contributed by atoms with van der Waals surface area (Å²) in [6.45, 7) is -0.137. The van der Waals surface area contributed by atoms with Crippen LogP contribution in [0.2, 0.25) is 20.1 Å². The first-order chi connectivity index (χ1) is 14.1. The Hall–Kier alpha value is -2.06. The van der Waals surface area contributed by atoms with Gasteiger partial charge in [-0.1, -0.05) is 46.4 Å². The second-order valence-electron chi connectivity index (χ2n) is 5.52. The van der Waals surface area contributed by atoms with Gasteiger partial charge >= 0.3 is 11.9 Å². The van der Waals surface area contributed by atoms with Crippen LogP contribution in [0.4, 0.5) is 0 Å². The third-order valence-corrected chi connectivity index (χ3v) is 4.50. The Morgan fingerprint density at radius 2 is 1.50 bits per heavy atom. The minimum Gasteiger partial charge on any atom is -0.493 e. The maximum atomic E-state index is 10.3. The molecule has 164 valence electrons. The summed E-state index contributed by atoms with van der Waals surface area (Å²) < 4.78 is 15.3. The zero-order chi connectivity index (χ0) is 22.7. The second kappa shape index (κ2) is 13.3. The number of hydrogen-bond donors (Lipinski definition) is 2. The van der Waals surface area contributed by atoms with Gasteiger partial charge in [-0.15, -0.1) is 0 Å². The Morgan fingerprint density at radius 3 is 2.10 bits per heavy atom. The van der Waals surface area contributed by atoms with Gasteiger partial charge in [0.05, 0.1) is 28.8 Å². The summed E-state index contributed by atoms with van der Waals surface area (Å²) in [6, 6.07) is 7.80. The Kier molecular flexibility index (Phi) is 11.5. The van der Waals surface area contributed by atoms with E-state index in [4.69, 9.17) is 70.8 Å². The summed E-state index contributed by atoms with van der Waals surface area (Å²) in [7, 11) is 1.52. The molecular formula is C19H18Cl4O7. The molecule has 2 rings (SSSR count). The SMILES string of the molecule is COc1cc(Cl)ccc1OCCCC(=O)O.O=C(O)COc1cc(Cl)c(Cl)cc1Cl. The van der Waals surface area contributed by atoms with E-state index in [1.54, 1.807) is 18.2 Å². The number of ether oxygens (including phenoxy) is 3. The Morgan fingerprint density at radius 1 is 0.833 bits per heavy atom. The van der Waals surface area contributed by atoms with Gasteiger partial charge in [-0.2, -0.15) is 0 Å². The highest BCUT2D eigenvalue weighted by Crippen LogP contribution is 2.33. The number of hydrogen-bond acceptors (Lipinski definition) is 5. The predicted molar refractivity (Wildman–Crippen MR) is 115 cm³/mol. The molecule has 0 heterocycles. The van der Waals surface area contributed by atoms with Crippen molar-refractivity contribution in [2.24, 2.45) is 0 Å². The van der Waals surface area contributed by atoms with E-state index in [-0.39, 0.29) is 22.2 Å². The Balaban J connectivity index is 0.000000303. The standard InChI is InChI=1S/C11H13ClO4.C8H5Cl3O3/c1-15-10-7-8(12)4-5-9(10)16-6-2-3-11(13)14;9-4-1-6(11)7(2-5(4)10)14-3-8(12)13/h4-5,7H,2-3,6H2,1H3,(H,13,14);1-2H,3H2,(H,12,13). The minimum absolute atomic E-state index is 0.0932. The molecule has 7 nitrogen and oxygen atoms in total. The number of methoxy groups -OCH3 is 1. The molecule has 11 heteroatoms. The number of carboxylic acid groups (broad SMARTS) is 2. The van der Waals surface area contributed by atoms with Crippen LogP contribution in [0.3, 0.4) is 0 Å². The quantitative estimate of drug-likeness (QED) is 0.336.